The summed E-state index contributed by atoms with van der Waals surface area (Å²) in [7, 11) is 1.08. The van der Waals surface area contributed by atoms with E-state index in [1.54, 1.807) is 0 Å². The predicted octanol–water partition coefficient (Wildman–Crippen LogP) is 2.54. The third-order valence-corrected chi connectivity index (χ3v) is 1.84. The molecule has 0 spiro atoms. The van der Waals surface area contributed by atoms with Crippen LogP contribution in [0.1, 0.15) is 16.1 Å². The van der Waals surface area contributed by atoms with E-state index in [0.717, 1.165) is 7.11 Å². The van der Waals surface area contributed by atoms with Crippen molar-refractivity contribution >= 4 is 17.6 Å². The zero-order chi connectivity index (χ0) is 11.6. The van der Waals surface area contributed by atoms with Crippen molar-refractivity contribution in [2.45, 2.75) is 6.18 Å². The molecule has 1 aromatic rings. The Labute approximate surface area is 87.8 Å². The maximum atomic E-state index is 12.2. The third kappa shape index (κ3) is 2.59. The average Bonchev–Trinajstić information content (AvgIpc) is 2.15. The average molecular weight is 240 g/mol. The van der Waals surface area contributed by atoms with Gasteiger partial charge in [0.2, 0.25) is 0 Å². The van der Waals surface area contributed by atoms with Gasteiger partial charge in [-0.1, -0.05) is 11.6 Å². The molecule has 0 aromatic carbocycles. The van der Waals surface area contributed by atoms with E-state index in [9.17, 15) is 18.0 Å². The summed E-state index contributed by atoms with van der Waals surface area (Å²) in [5.41, 5.74) is -1.35. The number of rotatable bonds is 1. The standard InChI is InChI=1S/C8H5ClF3NO2/c1-15-7(14)6-5(9)2-4(3-13-6)8(10,11)12/h2-3H,1H3. The molecule has 0 atom stereocenters. The van der Waals surface area contributed by atoms with Crippen molar-refractivity contribution in [3.8, 4) is 0 Å². The molecule has 0 aliphatic rings. The number of pyridine rings is 1. The van der Waals surface area contributed by atoms with E-state index < -0.39 is 22.7 Å². The largest absolute Gasteiger partial charge is 0.464 e. The molecular weight excluding hydrogens is 235 g/mol. The van der Waals surface area contributed by atoms with Gasteiger partial charge in [-0.3, -0.25) is 0 Å². The Morgan fingerprint density at radius 3 is 2.53 bits per heavy atom. The molecule has 0 bridgehead atoms. The highest BCUT2D eigenvalue weighted by molar-refractivity contribution is 6.33. The van der Waals surface area contributed by atoms with Crippen LogP contribution in [-0.2, 0) is 10.9 Å². The second kappa shape index (κ2) is 4.06. The number of halogens is 4. The zero-order valence-corrected chi connectivity index (χ0v) is 8.19. The van der Waals surface area contributed by atoms with Crippen LogP contribution >= 0.6 is 11.6 Å². The number of carbonyl (C=O) groups excluding carboxylic acids is 1. The van der Waals surface area contributed by atoms with Crippen LogP contribution in [0.15, 0.2) is 12.3 Å². The van der Waals surface area contributed by atoms with Crippen molar-refractivity contribution in [3.63, 3.8) is 0 Å². The maximum absolute atomic E-state index is 12.2. The molecule has 0 saturated heterocycles. The second-order valence-corrected chi connectivity index (χ2v) is 2.95. The molecule has 0 N–H and O–H groups in total. The Balaban J connectivity index is 3.15. The normalized spacial score (nSPS) is 11.3. The summed E-state index contributed by atoms with van der Waals surface area (Å²) in [6.07, 6.45) is -4.01. The van der Waals surface area contributed by atoms with Crippen LogP contribution in [-0.4, -0.2) is 18.1 Å². The number of ether oxygens (including phenoxy) is 1. The number of alkyl halides is 3. The lowest BCUT2D eigenvalue weighted by Crippen LogP contribution is -2.10. The molecule has 7 heteroatoms. The van der Waals surface area contributed by atoms with Gasteiger partial charge < -0.3 is 4.74 Å². The highest BCUT2D eigenvalue weighted by Gasteiger charge is 2.32. The topological polar surface area (TPSA) is 39.2 Å². The van der Waals surface area contributed by atoms with Crippen LogP contribution in [0.4, 0.5) is 13.2 Å². The molecule has 0 unspecified atom stereocenters. The first-order valence-corrected chi connectivity index (χ1v) is 4.05. The van der Waals surface area contributed by atoms with Gasteiger partial charge in [0.25, 0.3) is 0 Å². The Kier molecular flexibility index (Phi) is 3.18. The van der Waals surface area contributed by atoms with Crippen molar-refractivity contribution in [2.24, 2.45) is 0 Å². The molecule has 15 heavy (non-hydrogen) atoms. The Morgan fingerprint density at radius 2 is 2.13 bits per heavy atom. The number of carbonyl (C=O) groups is 1. The first kappa shape index (κ1) is 11.8. The van der Waals surface area contributed by atoms with E-state index in [1.165, 1.54) is 0 Å². The summed E-state index contributed by atoms with van der Waals surface area (Å²) in [4.78, 5) is 14.2. The molecular formula is C8H5ClF3NO2. The number of hydrogen-bond acceptors (Lipinski definition) is 3. The lowest BCUT2D eigenvalue weighted by atomic mass is 10.2. The number of nitrogens with zero attached hydrogens (tertiary/aromatic N) is 1. The number of methoxy groups -OCH3 is 1. The molecule has 0 amide bonds. The Bertz CT molecular complexity index is 392. The van der Waals surface area contributed by atoms with Gasteiger partial charge in [0, 0.05) is 6.20 Å². The first-order chi connectivity index (χ1) is 6.86. The smallest absolute Gasteiger partial charge is 0.417 e. The minimum Gasteiger partial charge on any atom is -0.464 e. The fourth-order valence-electron chi connectivity index (χ4n) is 0.840. The summed E-state index contributed by atoms with van der Waals surface area (Å²) in [5.74, 6) is -0.881. The maximum Gasteiger partial charge on any atom is 0.417 e. The molecule has 0 aliphatic heterocycles. The molecule has 1 aromatic heterocycles. The van der Waals surface area contributed by atoms with Crippen molar-refractivity contribution in [1.82, 2.24) is 4.98 Å². The van der Waals surface area contributed by atoms with Gasteiger partial charge in [0.05, 0.1) is 17.7 Å². The molecule has 0 aliphatic carbocycles. The Morgan fingerprint density at radius 1 is 1.53 bits per heavy atom. The summed E-state index contributed by atoms with van der Waals surface area (Å²) in [6, 6.07) is 0.626. The fraction of sp³-hybridized carbons (Fsp3) is 0.250. The summed E-state index contributed by atoms with van der Waals surface area (Å²) >= 11 is 5.45. The van der Waals surface area contributed by atoms with Gasteiger partial charge in [-0.2, -0.15) is 13.2 Å². The molecule has 0 radical (unpaired) electrons. The van der Waals surface area contributed by atoms with Gasteiger partial charge in [-0.25, -0.2) is 9.78 Å². The number of aromatic nitrogens is 1. The van der Waals surface area contributed by atoms with Crippen molar-refractivity contribution in [3.05, 3.63) is 28.5 Å². The number of hydrogen-bond donors (Lipinski definition) is 0. The van der Waals surface area contributed by atoms with Crippen molar-refractivity contribution in [1.29, 1.82) is 0 Å². The summed E-state index contributed by atoms with van der Waals surface area (Å²) in [5, 5.41) is -0.392. The van der Waals surface area contributed by atoms with Gasteiger partial charge in [0.1, 0.15) is 0 Å². The van der Waals surface area contributed by atoms with Crippen LogP contribution < -0.4 is 0 Å². The van der Waals surface area contributed by atoms with Crippen LogP contribution in [0.25, 0.3) is 0 Å². The Hall–Kier alpha value is -1.30. The fourth-order valence-corrected chi connectivity index (χ4v) is 1.08. The van der Waals surface area contributed by atoms with E-state index in [2.05, 4.69) is 9.72 Å². The van der Waals surface area contributed by atoms with Crippen LogP contribution in [0.2, 0.25) is 5.02 Å². The molecule has 1 rings (SSSR count). The van der Waals surface area contributed by atoms with E-state index >= 15 is 0 Å². The van der Waals surface area contributed by atoms with Crippen LogP contribution in [0, 0.1) is 0 Å². The number of esters is 1. The van der Waals surface area contributed by atoms with Gasteiger partial charge >= 0.3 is 12.1 Å². The lowest BCUT2D eigenvalue weighted by molar-refractivity contribution is -0.137. The van der Waals surface area contributed by atoms with Crippen molar-refractivity contribution in [2.75, 3.05) is 7.11 Å². The molecule has 0 saturated carbocycles. The van der Waals surface area contributed by atoms with Crippen LogP contribution in [0.3, 0.4) is 0 Å². The second-order valence-electron chi connectivity index (χ2n) is 2.54. The van der Waals surface area contributed by atoms with E-state index in [1.807, 2.05) is 0 Å². The zero-order valence-electron chi connectivity index (χ0n) is 7.43. The minimum atomic E-state index is -4.54. The van der Waals surface area contributed by atoms with E-state index in [-0.39, 0.29) is 5.69 Å². The highest BCUT2D eigenvalue weighted by Crippen LogP contribution is 2.31. The van der Waals surface area contributed by atoms with Gasteiger partial charge in [-0.15, -0.1) is 0 Å². The summed E-state index contributed by atoms with van der Waals surface area (Å²) in [6.45, 7) is 0. The predicted molar refractivity (Wildman–Crippen MR) is 45.6 cm³/mol. The van der Waals surface area contributed by atoms with Gasteiger partial charge in [-0.05, 0) is 6.07 Å². The van der Waals surface area contributed by atoms with Crippen LogP contribution in [0.5, 0.6) is 0 Å². The van der Waals surface area contributed by atoms with E-state index in [0.29, 0.717) is 12.3 Å². The molecule has 82 valence electrons. The van der Waals surface area contributed by atoms with Crippen molar-refractivity contribution < 1.29 is 22.7 Å². The lowest BCUT2D eigenvalue weighted by Gasteiger charge is -2.07. The van der Waals surface area contributed by atoms with E-state index in [4.69, 9.17) is 11.6 Å². The van der Waals surface area contributed by atoms with Gasteiger partial charge in [0.15, 0.2) is 5.69 Å². The minimum absolute atomic E-state index is 0.341. The highest BCUT2D eigenvalue weighted by atomic mass is 35.5. The molecule has 1 heterocycles. The first-order valence-electron chi connectivity index (χ1n) is 3.67. The monoisotopic (exact) mass is 239 g/mol. The quantitative estimate of drug-likeness (QED) is 0.707. The molecule has 0 fully saturated rings. The molecule has 3 nitrogen and oxygen atoms in total. The third-order valence-electron chi connectivity index (χ3n) is 1.55. The summed E-state index contributed by atoms with van der Waals surface area (Å²) < 4.78 is 40.8. The SMILES string of the molecule is COC(=O)c1ncc(C(F)(F)F)cc1Cl.